The summed E-state index contributed by atoms with van der Waals surface area (Å²) in [5.41, 5.74) is 1.13. The highest BCUT2D eigenvalue weighted by atomic mass is 16.5. The minimum absolute atomic E-state index is 0.124. The van der Waals surface area contributed by atoms with Gasteiger partial charge in [-0.2, -0.15) is 0 Å². The van der Waals surface area contributed by atoms with Crippen LogP contribution in [0, 0.1) is 0 Å². The third-order valence-electron chi connectivity index (χ3n) is 3.00. The Labute approximate surface area is 110 Å². The molecule has 0 heterocycles. The van der Waals surface area contributed by atoms with Crippen LogP contribution in [-0.4, -0.2) is 25.9 Å². The molecule has 1 N–H and O–H groups in total. The lowest BCUT2D eigenvalue weighted by molar-refractivity contribution is 0.00545. The molecule has 0 amide bonds. The summed E-state index contributed by atoms with van der Waals surface area (Å²) in [4.78, 5) is 0. The highest BCUT2D eigenvalue weighted by Gasteiger charge is 2.15. The number of nitrogens with one attached hydrogen (secondary N) is 1. The molecular weight excluding hydrogens is 226 g/mol. The Morgan fingerprint density at radius 2 is 2.06 bits per heavy atom. The van der Waals surface area contributed by atoms with Crippen LogP contribution >= 0.6 is 0 Å². The molecule has 102 valence electrons. The maximum Gasteiger partial charge on any atom is 0.119 e. The second-order valence-corrected chi connectivity index (χ2v) is 4.99. The molecule has 1 aromatic rings. The number of hydrogen-bond acceptors (Lipinski definition) is 3. The number of methoxy groups -OCH3 is 1. The Morgan fingerprint density at radius 3 is 2.72 bits per heavy atom. The molecular formula is C15H25NO2. The van der Waals surface area contributed by atoms with Crippen LogP contribution in [-0.2, 0) is 11.3 Å². The zero-order valence-corrected chi connectivity index (χ0v) is 12.0. The van der Waals surface area contributed by atoms with Gasteiger partial charge in [-0.3, -0.25) is 0 Å². The van der Waals surface area contributed by atoms with Crippen molar-refractivity contribution in [3.8, 4) is 5.75 Å². The Morgan fingerprint density at radius 1 is 1.28 bits per heavy atom. The second kappa shape index (κ2) is 7.39. The van der Waals surface area contributed by atoms with Crippen molar-refractivity contribution in [3.63, 3.8) is 0 Å². The van der Waals surface area contributed by atoms with Crippen molar-refractivity contribution < 1.29 is 9.47 Å². The van der Waals surface area contributed by atoms with Crippen molar-refractivity contribution in [1.82, 2.24) is 5.32 Å². The van der Waals surface area contributed by atoms with Crippen LogP contribution in [0.3, 0.4) is 0 Å². The normalized spacial score (nSPS) is 11.6. The Bertz CT molecular complexity index is 350. The molecule has 18 heavy (non-hydrogen) atoms. The minimum atomic E-state index is -0.124. The largest absolute Gasteiger partial charge is 0.493 e. The van der Waals surface area contributed by atoms with E-state index in [1.807, 2.05) is 12.1 Å². The fraction of sp³-hybridized carbons (Fsp3) is 0.600. The fourth-order valence-corrected chi connectivity index (χ4v) is 1.53. The lowest BCUT2D eigenvalue weighted by Crippen LogP contribution is -2.25. The highest BCUT2D eigenvalue weighted by Crippen LogP contribution is 2.17. The Kier molecular flexibility index (Phi) is 6.16. The van der Waals surface area contributed by atoms with Gasteiger partial charge in [0.2, 0.25) is 0 Å². The van der Waals surface area contributed by atoms with Gasteiger partial charge in [-0.05, 0) is 38.1 Å². The summed E-state index contributed by atoms with van der Waals surface area (Å²) in [6, 6.07) is 8.22. The van der Waals surface area contributed by atoms with E-state index in [4.69, 9.17) is 9.47 Å². The van der Waals surface area contributed by atoms with Gasteiger partial charge in [0.15, 0.2) is 0 Å². The van der Waals surface area contributed by atoms with Crippen LogP contribution in [0.2, 0.25) is 0 Å². The van der Waals surface area contributed by atoms with E-state index in [9.17, 15) is 0 Å². The molecule has 0 aliphatic carbocycles. The number of benzene rings is 1. The van der Waals surface area contributed by atoms with Gasteiger partial charge < -0.3 is 14.8 Å². The summed E-state index contributed by atoms with van der Waals surface area (Å²) in [7, 11) is 1.73. The lowest BCUT2D eigenvalue weighted by Gasteiger charge is -2.22. The van der Waals surface area contributed by atoms with Crippen LogP contribution in [0.5, 0.6) is 5.75 Å². The van der Waals surface area contributed by atoms with Crippen LogP contribution < -0.4 is 10.1 Å². The van der Waals surface area contributed by atoms with E-state index in [0.29, 0.717) is 6.61 Å². The second-order valence-electron chi connectivity index (χ2n) is 4.99. The number of ether oxygens (including phenoxy) is 2. The van der Waals surface area contributed by atoms with Crippen molar-refractivity contribution in [1.29, 1.82) is 0 Å². The molecule has 0 saturated heterocycles. The quantitative estimate of drug-likeness (QED) is 0.770. The smallest absolute Gasteiger partial charge is 0.119 e. The molecule has 1 aromatic carbocycles. The highest BCUT2D eigenvalue weighted by molar-refractivity contribution is 5.28. The first-order chi connectivity index (χ1) is 8.57. The molecule has 0 aromatic heterocycles. The summed E-state index contributed by atoms with van der Waals surface area (Å²) in [5.74, 6) is 0.928. The van der Waals surface area contributed by atoms with Gasteiger partial charge in [0.1, 0.15) is 5.75 Å². The molecule has 0 aliphatic heterocycles. The van der Waals surface area contributed by atoms with Crippen LogP contribution in [0.1, 0.15) is 32.8 Å². The predicted molar refractivity (Wildman–Crippen MR) is 75.0 cm³/mol. The molecule has 0 radical (unpaired) electrons. The molecule has 0 saturated carbocycles. The van der Waals surface area contributed by atoms with Crippen molar-refractivity contribution in [2.24, 2.45) is 0 Å². The molecule has 3 nitrogen and oxygen atoms in total. The number of hydrogen-bond donors (Lipinski definition) is 1. The van der Waals surface area contributed by atoms with E-state index in [1.54, 1.807) is 7.11 Å². The Balaban J connectivity index is 2.42. The van der Waals surface area contributed by atoms with Crippen molar-refractivity contribution in [2.45, 2.75) is 39.3 Å². The van der Waals surface area contributed by atoms with Gasteiger partial charge in [0.25, 0.3) is 0 Å². The van der Waals surface area contributed by atoms with Crippen molar-refractivity contribution >= 4 is 0 Å². The van der Waals surface area contributed by atoms with Crippen LogP contribution in [0.15, 0.2) is 24.3 Å². The summed E-state index contributed by atoms with van der Waals surface area (Å²) in [5, 5.41) is 3.31. The first-order valence-electron chi connectivity index (χ1n) is 6.55. The van der Waals surface area contributed by atoms with Gasteiger partial charge in [-0.15, -0.1) is 0 Å². The van der Waals surface area contributed by atoms with E-state index >= 15 is 0 Å². The van der Waals surface area contributed by atoms with Crippen LogP contribution in [0.4, 0.5) is 0 Å². The van der Waals surface area contributed by atoms with E-state index in [2.05, 4.69) is 38.2 Å². The third-order valence-corrected chi connectivity index (χ3v) is 3.00. The Hall–Kier alpha value is -1.06. The average Bonchev–Trinajstić information content (AvgIpc) is 2.37. The molecule has 0 atom stereocenters. The van der Waals surface area contributed by atoms with Gasteiger partial charge in [-0.25, -0.2) is 0 Å². The topological polar surface area (TPSA) is 30.5 Å². The molecule has 0 fully saturated rings. The van der Waals surface area contributed by atoms with Crippen molar-refractivity contribution in [2.75, 3.05) is 20.3 Å². The molecule has 0 unspecified atom stereocenters. The van der Waals surface area contributed by atoms with Crippen molar-refractivity contribution in [3.05, 3.63) is 29.8 Å². The standard InChI is InChI=1S/C15H25NO2/c1-5-16-12-13-7-6-8-14(11-13)18-10-9-15(2,3)17-4/h6-8,11,16H,5,9-10,12H2,1-4H3. The SMILES string of the molecule is CCNCc1cccc(OCCC(C)(C)OC)c1. The first-order valence-corrected chi connectivity index (χ1v) is 6.55. The predicted octanol–water partition coefficient (Wildman–Crippen LogP) is 2.99. The monoisotopic (exact) mass is 251 g/mol. The van der Waals surface area contributed by atoms with E-state index < -0.39 is 0 Å². The number of rotatable bonds is 8. The van der Waals surface area contributed by atoms with Crippen LogP contribution in [0.25, 0.3) is 0 Å². The van der Waals surface area contributed by atoms with E-state index in [-0.39, 0.29) is 5.60 Å². The summed E-state index contributed by atoms with van der Waals surface area (Å²) < 4.78 is 11.1. The third kappa shape index (κ3) is 5.52. The minimum Gasteiger partial charge on any atom is -0.493 e. The molecule has 1 rings (SSSR count). The fourth-order valence-electron chi connectivity index (χ4n) is 1.53. The molecule has 3 heteroatoms. The molecule has 0 aliphatic rings. The van der Waals surface area contributed by atoms with Gasteiger partial charge in [-0.1, -0.05) is 19.1 Å². The van der Waals surface area contributed by atoms with Gasteiger partial charge in [0.05, 0.1) is 12.2 Å². The average molecular weight is 251 g/mol. The van der Waals surface area contributed by atoms with Gasteiger partial charge >= 0.3 is 0 Å². The first kappa shape index (κ1) is 15.0. The molecule has 0 bridgehead atoms. The van der Waals surface area contributed by atoms with Gasteiger partial charge in [0, 0.05) is 20.1 Å². The van der Waals surface area contributed by atoms with E-state index in [0.717, 1.165) is 25.3 Å². The summed E-state index contributed by atoms with van der Waals surface area (Å²) in [6.45, 7) is 8.78. The zero-order chi connectivity index (χ0) is 13.4. The summed E-state index contributed by atoms with van der Waals surface area (Å²) >= 11 is 0. The van der Waals surface area contributed by atoms with E-state index in [1.165, 1.54) is 5.56 Å². The lowest BCUT2D eigenvalue weighted by atomic mass is 10.1. The zero-order valence-electron chi connectivity index (χ0n) is 12.0. The maximum absolute atomic E-state index is 5.76. The summed E-state index contributed by atoms with van der Waals surface area (Å²) in [6.07, 6.45) is 0.876. The maximum atomic E-state index is 5.76. The molecule has 0 spiro atoms.